The lowest BCUT2D eigenvalue weighted by Gasteiger charge is -2.11. The number of rotatable bonds is 4. The van der Waals surface area contributed by atoms with E-state index in [1.807, 2.05) is 18.3 Å². The minimum absolute atomic E-state index is 0.643. The molecule has 4 heteroatoms. The Morgan fingerprint density at radius 1 is 1.44 bits per heavy atom. The average molecular weight is 241 g/mol. The Morgan fingerprint density at radius 2 is 2.28 bits per heavy atom. The van der Waals surface area contributed by atoms with Crippen LogP contribution in [0.15, 0.2) is 30.6 Å². The van der Waals surface area contributed by atoms with Crippen LogP contribution >= 0.6 is 0 Å². The molecule has 1 aromatic carbocycles. The van der Waals surface area contributed by atoms with E-state index < -0.39 is 0 Å². The van der Waals surface area contributed by atoms with E-state index in [4.69, 9.17) is 10.00 Å². The summed E-state index contributed by atoms with van der Waals surface area (Å²) in [5, 5.41) is 8.94. The van der Waals surface area contributed by atoms with Crippen LogP contribution in [0.4, 0.5) is 0 Å². The summed E-state index contributed by atoms with van der Waals surface area (Å²) in [5.74, 6) is 1.82. The SMILES string of the molecule is CCc1nccn1Cc1cc(C#N)ccc1OC. The number of imidazole rings is 1. The maximum atomic E-state index is 8.94. The van der Waals surface area contributed by atoms with Crippen LogP contribution in [0.3, 0.4) is 0 Å². The fraction of sp³-hybridized carbons (Fsp3) is 0.286. The second kappa shape index (κ2) is 5.37. The van der Waals surface area contributed by atoms with Gasteiger partial charge in [-0.3, -0.25) is 0 Å². The van der Waals surface area contributed by atoms with Crippen molar-refractivity contribution in [2.45, 2.75) is 19.9 Å². The largest absolute Gasteiger partial charge is 0.496 e. The average Bonchev–Trinajstić information content (AvgIpc) is 2.86. The Kier molecular flexibility index (Phi) is 3.63. The molecule has 18 heavy (non-hydrogen) atoms. The first-order valence-electron chi connectivity index (χ1n) is 5.85. The van der Waals surface area contributed by atoms with Gasteiger partial charge in [-0.05, 0) is 18.2 Å². The molecule has 0 aliphatic heterocycles. The number of methoxy groups -OCH3 is 1. The zero-order chi connectivity index (χ0) is 13.0. The molecule has 0 aliphatic carbocycles. The van der Waals surface area contributed by atoms with Crippen molar-refractivity contribution < 1.29 is 4.74 Å². The van der Waals surface area contributed by atoms with Gasteiger partial charge in [0.05, 0.1) is 25.3 Å². The molecule has 0 atom stereocenters. The molecule has 0 spiro atoms. The van der Waals surface area contributed by atoms with E-state index in [1.54, 1.807) is 19.4 Å². The summed E-state index contributed by atoms with van der Waals surface area (Å²) in [6.07, 6.45) is 4.62. The van der Waals surface area contributed by atoms with Gasteiger partial charge < -0.3 is 9.30 Å². The Bertz CT molecular complexity index is 581. The van der Waals surface area contributed by atoms with Gasteiger partial charge in [0.2, 0.25) is 0 Å². The topological polar surface area (TPSA) is 50.8 Å². The van der Waals surface area contributed by atoms with Gasteiger partial charge in [-0.1, -0.05) is 6.92 Å². The standard InChI is InChI=1S/C14H15N3O/c1-3-14-16-6-7-17(14)10-12-8-11(9-15)4-5-13(12)18-2/h4-8H,3,10H2,1-2H3. The summed E-state index contributed by atoms with van der Waals surface area (Å²) in [6.45, 7) is 2.74. The molecular weight excluding hydrogens is 226 g/mol. The number of hydrogen-bond acceptors (Lipinski definition) is 3. The van der Waals surface area contributed by atoms with Crippen molar-refractivity contribution in [3.63, 3.8) is 0 Å². The lowest BCUT2D eigenvalue weighted by Crippen LogP contribution is -2.05. The fourth-order valence-corrected chi connectivity index (χ4v) is 1.95. The highest BCUT2D eigenvalue weighted by Crippen LogP contribution is 2.21. The molecule has 0 amide bonds. The Hall–Kier alpha value is -2.28. The summed E-state index contributed by atoms with van der Waals surface area (Å²) >= 11 is 0. The number of aryl methyl sites for hydroxylation is 1. The van der Waals surface area contributed by atoms with Gasteiger partial charge in [-0.2, -0.15) is 5.26 Å². The summed E-state index contributed by atoms with van der Waals surface area (Å²) < 4.78 is 7.39. The van der Waals surface area contributed by atoms with Crippen LogP contribution in [0, 0.1) is 11.3 Å². The first-order valence-corrected chi connectivity index (χ1v) is 5.85. The van der Waals surface area contributed by atoms with E-state index >= 15 is 0 Å². The predicted molar refractivity (Wildman–Crippen MR) is 68.4 cm³/mol. The molecule has 0 N–H and O–H groups in total. The molecule has 2 rings (SSSR count). The second-order valence-corrected chi connectivity index (χ2v) is 3.96. The van der Waals surface area contributed by atoms with Crippen LogP contribution in [0.2, 0.25) is 0 Å². The summed E-state index contributed by atoms with van der Waals surface area (Å²) in [5.41, 5.74) is 1.63. The number of ether oxygens (including phenoxy) is 1. The van der Waals surface area contributed by atoms with Crippen LogP contribution in [0.5, 0.6) is 5.75 Å². The number of aromatic nitrogens is 2. The summed E-state index contributed by atoms with van der Waals surface area (Å²) in [7, 11) is 1.64. The zero-order valence-corrected chi connectivity index (χ0v) is 10.6. The number of nitriles is 1. The van der Waals surface area contributed by atoms with Crippen molar-refractivity contribution in [1.29, 1.82) is 5.26 Å². The maximum absolute atomic E-state index is 8.94. The lowest BCUT2D eigenvalue weighted by molar-refractivity contribution is 0.408. The van der Waals surface area contributed by atoms with Gasteiger partial charge >= 0.3 is 0 Å². The smallest absolute Gasteiger partial charge is 0.123 e. The van der Waals surface area contributed by atoms with E-state index in [0.717, 1.165) is 23.6 Å². The van der Waals surface area contributed by atoms with Crippen molar-refractivity contribution in [3.05, 3.63) is 47.5 Å². The third kappa shape index (κ3) is 2.35. The van der Waals surface area contributed by atoms with Crippen LogP contribution < -0.4 is 4.74 Å². The van der Waals surface area contributed by atoms with Gasteiger partial charge in [0.1, 0.15) is 11.6 Å². The molecule has 0 saturated carbocycles. The zero-order valence-electron chi connectivity index (χ0n) is 10.6. The number of benzene rings is 1. The van der Waals surface area contributed by atoms with Gasteiger partial charge in [-0.25, -0.2) is 4.98 Å². The molecule has 0 radical (unpaired) electrons. The molecule has 0 aliphatic rings. The third-order valence-corrected chi connectivity index (χ3v) is 2.87. The molecule has 1 aromatic heterocycles. The van der Waals surface area contributed by atoms with Gasteiger partial charge in [0.25, 0.3) is 0 Å². The lowest BCUT2D eigenvalue weighted by atomic mass is 10.1. The maximum Gasteiger partial charge on any atom is 0.123 e. The number of hydrogen-bond donors (Lipinski definition) is 0. The van der Waals surface area contributed by atoms with Crippen LogP contribution in [0.25, 0.3) is 0 Å². The quantitative estimate of drug-likeness (QED) is 0.825. The van der Waals surface area contributed by atoms with E-state index in [2.05, 4.69) is 22.5 Å². The Labute approximate surface area is 106 Å². The molecule has 4 nitrogen and oxygen atoms in total. The number of nitrogens with zero attached hydrogens (tertiary/aromatic N) is 3. The predicted octanol–water partition coefficient (Wildman–Crippen LogP) is 2.37. The van der Waals surface area contributed by atoms with Crippen LogP contribution in [-0.4, -0.2) is 16.7 Å². The van der Waals surface area contributed by atoms with Crippen LogP contribution in [0.1, 0.15) is 23.9 Å². The monoisotopic (exact) mass is 241 g/mol. The summed E-state index contributed by atoms with van der Waals surface area (Å²) in [6, 6.07) is 7.60. The molecular formula is C14H15N3O. The van der Waals surface area contributed by atoms with E-state index in [1.165, 1.54) is 0 Å². The molecule has 1 heterocycles. The van der Waals surface area contributed by atoms with Crippen molar-refractivity contribution in [2.75, 3.05) is 7.11 Å². The van der Waals surface area contributed by atoms with E-state index in [0.29, 0.717) is 12.1 Å². The highest BCUT2D eigenvalue weighted by Gasteiger charge is 2.07. The fourth-order valence-electron chi connectivity index (χ4n) is 1.95. The minimum atomic E-state index is 0.643. The summed E-state index contributed by atoms with van der Waals surface area (Å²) in [4.78, 5) is 4.29. The Morgan fingerprint density at radius 3 is 2.94 bits per heavy atom. The minimum Gasteiger partial charge on any atom is -0.496 e. The second-order valence-electron chi connectivity index (χ2n) is 3.96. The van der Waals surface area contributed by atoms with E-state index in [-0.39, 0.29) is 0 Å². The molecule has 0 fully saturated rings. The van der Waals surface area contributed by atoms with Gasteiger partial charge in [0.15, 0.2) is 0 Å². The van der Waals surface area contributed by atoms with Crippen molar-refractivity contribution in [3.8, 4) is 11.8 Å². The van der Waals surface area contributed by atoms with Gasteiger partial charge in [0, 0.05) is 24.4 Å². The van der Waals surface area contributed by atoms with Crippen molar-refractivity contribution in [1.82, 2.24) is 9.55 Å². The molecule has 92 valence electrons. The Balaban J connectivity index is 2.36. The highest BCUT2D eigenvalue weighted by molar-refractivity contribution is 5.42. The van der Waals surface area contributed by atoms with Crippen LogP contribution in [-0.2, 0) is 13.0 Å². The van der Waals surface area contributed by atoms with Crippen molar-refractivity contribution in [2.24, 2.45) is 0 Å². The first-order chi connectivity index (χ1) is 8.78. The molecule has 0 bridgehead atoms. The molecule has 2 aromatic rings. The highest BCUT2D eigenvalue weighted by atomic mass is 16.5. The molecule has 0 unspecified atom stereocenters. The first kappa shape index (κ1) is 12.2. The van der Waals surface area contributed by atoms with E-state index in [9.17, 15) is 0 Å². The van der Waals surface area contributed by atoms with Crippen molar-refractivity contribution >= 4 is 0 Å². The third-order valence-electron chi connectivity index (χ3n) is 2.87. The molecule has 0 saturated heterocycles. The van der Waals surface area contributed by atoms with Gasteiger partial charge in [-0.15, -0.1) is 0 Å². The normalized spacial score (nSPS) is 10.1.